The number of para-hydroxylation sites is 1. The highest BCUT2D eigenvalue weighted by Crippen LogP contribution is 2.70. The number of hydrogen-bond donors (Lipinski definition) is 2. The summed E-state index contributed by atoms with van der Waals surface area (Å²) >= 11 is 0. The average Bonchev–Trinajstić information content (AvgIpc) is 3.48. The predicted octanol–water partition coefficient (Wildman–Crippen LogP) is 4.16. The highest BCUT2D eigenvalue weighted by Gasteiger charge is 2.76. The lowest BCUT2D eigenvalue weighted by Gasteiger charge is -2.59. The number of ether oxygens (including phenoxy) is 3. The Labute approximate surface area is 268 Å². The average molecular weight is 659 g/mol. The molecule has 11 nitrogen and oxygen atoms in total. The number of benzene rings is 1. The zero-order chi connectivity index (χ0) is 33.1. The minimum Gasteiger partial charge on any atom is -0.464 e. The Bertz CT molecular complexity index is 1490. The molecule has 5 aliphatic rings. The molecule has 1 heterocycles. The Hall–Kier alpha value is -2.66. The van der Waals surface area contributed by atoms with E-state index in [0.29, 0.717) is 12.8 Å². The number of aliphatic hydroxyl groups is 2. The number of carbonyl (C=O) groups is 3. The van der Waals surface area contributed by atoms with Gasteiger partial charge in [0, 0.05) is 16.7 Å². The number of allylic oxidation sites excluding steroid dienone is 4. The van der Waals surface area contributed by atoms with Gasteiger partial charge >= 0.3 is 13.6 Å². The second-order valence-corrected chi connectivity index (χ2v) is 15.6. The van der Waals surface area contributed by atoms with Crippen LogP contribution in [0.1, 0.15) is 53.4 Å². The molecule has 2 N–H and O–H groups in total. The van der Waals surface area contributed by atoms with Gasteiger partial charge in [0.05, 0.1) is 18.8 Å². The third-order valence-electron chi connectivity index (χ3n) is 11.1. The summed E-state index contributed by atoms with van der Waals surface area (Å²) in [6.45, 7) is 6.36. The summed E-state index contributed by atoms with van der Waals surface area (Å²) in [4.78, 5) is 38.4. The van der Waals surface area contributed by atoms with Gasteiger partial charge in [0.25, 0.3) is 0 Å². The second kappa shape index (κ2) is 12.1. The summed E-state index contributed by atoms with van der Waals surface area (Å²) in [5, 5.41) is 22.1. The molecule has 0 spiro atoms. The van der Waals surface area contributed by atoms with Crippen molar-refractivity contribution in [2.24, 2.45) is 28.6 Å². The molecule has 1 aromatic rings. The largest absolute Gasteiger partial charge is 0.464 e. The highest BCUT2D eigenvalue weighted by molar-refractivity contribution is 7.54. The predicted molar refractivity (Wildman–Crippen MR) is 165 cm³/mol. The smallest absolute Gasteiger partial charge is 0.385 e. The van der Waals surface area contributed by atoms with Crippen molar-refractivity contribution >= 4 is 25.1 Å². The van der Waals surface area contributed by atoms with Crippen molar-refractivity contribution in [3.05, 3.63) is 54.1 Å². The lowest BCUT2D eigenvalue weighted by atomic mass is 9.46. The van der Waals surface area contributed by atoms with Crippen LogP contribution >= 0.6 is 7.60 Å². The number of rotatable bonds is 10. The number of ketones is 2. The molecule has 11 atom stereocenters. The fraction of sp³-hybridized carbons (Fsp3) is 0.618. The number of carbonyl (C=O) groups excluding carboxylic acids is 3. The summed E-state index contributed by atoms with van der Waals surface area (Å²) in [6.07, 6.45) is 2.70. The Morgan fingerprint density at radius 1 is 1.20 bits per heavy atom. The third-order valence-corrected chi connectivity index (χ3v) is 13.0. The maximum absolute atomic E-state index is 14.3. The maximum Gasteiger partial charge on any atom is 0.385 e. The van der Waals surface area contributed by atoms with Gasteiger partial charge in [-0.05, 0) is 75.7 Å². The van der Waals surface area contributed by atoms with Gasteiger partial charge in [-0.1, -0.05) is 43.7 Å². The van der Waals surface area contributed by atoms with Crippen LogP contribution in [0.25, 0.3) is 0 Å². The van der Waals surface area contributed by atoms with E-state index in [1.165, 1.54) is 6.92 Å². The number of fused-ring (bicyclic) bond motifs is 7. The zero-order valence-electron chi connectivity index (χ0n) is 26.6. The fourth-order valence-corrected chi connectivity index (χ4v) is 11.1. The van der Waals surface area contributed by atoms with Crippen molar-refractivity contribution in [3.8, 4) is 5.75 Å². The van der Waals surface area contributed by atoms with E-state index >= 15 is 0 Å². The number of hydrogen-bond acceptors (Lipinski definition) is 11. The molecule has 1 saturated heterocycles. The van der Waals surface area contributed by atoms with Gasteiger partial charge in [0.2, 0.25) is 0 Å². The van der Waals surface area contributed by atoms with Gasteiger partial charge in [0.15, 0.2) is 29.6 Å². The van der Waals surface area contributed by atoms with Crippen molar-refractivity contribution < 1.29 is 52.4 Å². The summed E-state index contributed by atoms with van der Waals surface area (Å²) < 4.78 is 43.9. The van der Waals surface area contributed by atoms with Crippen LogP contribution < -0.4 is 4.52 Å². The second-order valence-electron chi connectivity index (χ2n) is 13.6. The summed E-state index contributed by atoms with van der Waals surface area (Å²) in [5.74, 6) is -1.37. The topological polar surface area (TPSA) is 155 Å². The van der Waals surface area contributed by atoms with Crippen molar-refractivity contribution in [1.82, 2.24) is 0 Å². The molecule has 0 aromatic heterocycles. The van der Waals surface area contributed by atoms with Crippen LogP contribution in [0.2, 0.25) is 0 Å². The lowest BCUT2D eigenvalue weighted by Crippen LogP contribution is -2.63. The summed E-state index contributed by atoms with van der Waals surface area (Å²) in [6, 6.07) is 8.36. The molecule has 250 valence electrons. The Morgan fingerprint density at radius 3 is 2.63 bits per heavy atom. The first kappa shape index (κ1) is 33.2. The molecule has 4 fully saturated rings. The molecule has 0 bridgehead atoms. The molecule has 12 heteroatoms. The SMILES string of the molecule is CCOC(=O)[C@@H](C)OP(=O)(CC1O[C@@H]2C[C@H]3[C@@H]4CCC5=CC(=O)C=C[C@]5(C)[C@H]4[C@@H](O)C[C@]3(C)[C@]2(C(=O)CO)O1)Oc1ccccc1. The monoisotopic (exact) mass is 658 g/mol. The Morgan fingerprint density at radius 2 is 1.93 bits per heavy atom. The van der Waals surface area contributed by atoms with Crippen molar-refractivity contribution in [1.29, 1.82) is 0 Å². The maximum atomic E-state index is 14.3. The van der Waals surface area contributed by atoms with E-state index in [9.17, 15) is 29.2 Å². The van der Waals surface area contributed by atoms with E-state index in [1.807, 2.05) is 13.0 Å². The van der Waals surface area contributed by atoms with Gasteiger partial charge in [-0.15, -0.1) is 0 Å². The van der Waals surface area contributed by atoms with E-state index in [2.05, 4.69) is 6.92 Å². The number of esters is 1. The Kier molecular flexibility index (Phi) is 8.74. The van der Waals surface area contributed by atoms with Crippen molar-refractivity contribution in [2.75, 3.05) is 19.4 Å². The molecule has 46 heavy (non-hydrogen) atoms. The highest BCUT2D eigenvalue weighted by atomic mass is 31.2. The van der Waals surface area contributed by atoms with Crippen molar-refractivity contribution in [3.63, 3.8) is 0 Å². The first-order valence-corrected chi connectivity index (χ1v) is 17.8. The quantitative estimate of drug-likeness (QED) is 0.275. The Balaban J connectivity index is 1.30. The molecule has 2 unspecified atom stereocenters. The van der Waals surface area contributed by atoms with Gasteiger partial charge in [-0.25, -0.2) is 9.36 Å². The summed E-state index contributed by atoms with van der Waals surface area (Å²) in [7, 11) is -4.17. The van der Waals surface area contributed by atoms with Crippen LogP contribution in [0.3, 0.4) is 0 Å². The van der Waals surface area contributed by atoms with Gasteiger partial charge < -0.3 is 28.9 Å². The van der Waals surface area contributed by atoms with Crippen LogP contribution in [0.15, 0.2) is 54.1 Å². The first-order valence-electron chi connectivity index (χ1n) is 16.1. The van der Waals surface area contributed by atoms with Gasteiger partial charge in [-0.3, -0.25) is 14.1 Å². The van der Waals surface area contributed by atoms with E-state index < -0.39 is 73.2 Å². The molecular weight excluding hydrogens is 615 g/mol. The normalized spacial score (nSPS) is 39.6. The third kappa shape index (κ3) is 5.24. The minimum atomic E-state index is -4.17. The molecule has 6 rings (SSSR count). The molecule has 4 aliphatic carbocycles. The molecule has 0 radical (unpaired) electrons. The van der Waals surface area contributed by atoms with E-state index in [0.717, 1.165) is 12.0 Å². The van der Waals surface area contributed by atoms with E-state index in [-0.39, 0.29) is 42.3 Å². The number of aliphatic hydroxyl groups excluding tert-OH is 2. The van der Waals surface area contributed by atoms with E-state index in [4.69, 9.17) is 23.3 Å². The summed E-state index contributed by atoms with van der Waals surface area (Å²) in [5.41, 5.74) is -2.03. The van der Waals surface area contributed by atoms with Crippen LogP contribution in [0.4, 0.5) is 0 Å². The van der Waals surface area contributed by atoms with Crippen LogP contribution in [-0.4, -0.2) is 77.3 Å². The van der Waals surface area contributed by atoms with Gasteiger partial charge in [-0.2, -0.15) is 0 Å². The first-order chi connectivity index (χ1) is 21.8. The van der Waals surface area contributed by atoms with Gasteiger partial charge in [0.1, 0.15) is 18.5 Å². The molecular formula is C34H43O11P. The van der Waals surface area contributed by atoms with E-state index in [1.54, 1.807) is 49.4 Å². The number of Topliss-reactive ketones (excluding diaryl/α,β-unsaturated/α-hetero) is 1. The van der Waals surface area contributed by atoms with Crippen LogP contribution in [0.5, 0.6) is 5.75 Å². The minimum absolute atomic E-state index is 0.00496. The molecule has 0 amide bonds. The van der Waals surface area contributed by atoms with Crippen LogP contribution in [0, 0.1) is 28.6 Å². The van der Waals surface area contributed by atoms with Crippen LogP contribution in [-0.2, 0) is 37.7 Å². The zero-order valence-corrected chi connectivity index (χ0v) is 27.5. The molecule has 1 aliphatic heterocycles. The van der Waals surface area contributed by atoms with Crippen molar-refractivity contribution in [2.45, 2.75) is 83.6 Å². The lowest BCUT2D eigenvalue weighted by molar-refractivity contribution is -0.196. The molecule has 3 saturated carbocycles. The fourth-order valence-electron chi connectivity index (χ4n) is 9.31. The molecule has 1 aromatic carbocycles. The standard InChI is InChI=1S/C34H43O11P/c1-5-41-31(39)20(2)44-46(40,45-23-9-7-6-8-10-23)19-29-42-28-16-25-24-12-11-21-15-22(36)13-14-32(21,3)30(24)26(37)17-33(25,4)34(28,43-29)27(38)18-35/h6-10,13-15,20,24-26,28-30,35,37H,5,11-12,16-19H2,1-4H3/t20-,24+,25+,26+,28-,29?,30-,32+,33+,34-,46?/m1/s1.